The van der Waals surface area contributed by atoms with Gasteiger partial charge < -0.3 is 25.0 Å². The van der Waals surface area contributed by atoms with E-state index in [0.717, 1.165) is 18.2 Å². The van der Waals surface area contributed by atoms with Crippen LogP contribution in [0, 0.1) is 34.3 Å². The zero-order chi connectivity index (χ0) is 31.4. The summed E-state index contributed by atoms with van der Waals surface area (Å²) in [5.74, 6) is -2.95. The third-order valence-electron chi connectivity index (χ3n) is 9.36. The van der Waals surface area contributed by atoms with Crippen LogP contribution < -0.4 is 10.6 Å². The lowest BCUT2D eigenvalue weighted by Crippen LogP contribution is -2.61. The lowest BCUT2D eigenvalue weighted by molar-refractivity contribution is -0.185. The molecule has 4 N–H and O–H groups in total. The van der Waals surface area contributed by atoms with Crippen molar-refractivity contribution in [2.45, 2.75) is 71.6 Å². The highest BCUT2D eigenvalue weighted by atomic mass is 19.1. The van der Waals surface area contributed by atoms with Gasteiger partial charge in [0.1, 0.15) is 17.7 Å². The lowest BCUT2D eigenvalue weighted by Gasteiger charge is -2.60. The van der Waals surface area contributed by atoms with E-state index in [1.807, 2.05) is 13.8 Å². The maximum atomic E-state index is 13.6. The molecule has 6 unspecified atom stereocenters. The fraction of sp³-hybridized carbons (Fsp3) is 0.531. The lowest BCUT2D eigenvalue weighted by atomic mass is 9.46. The van der Waals surface area contributed by atoms with E-state index in [1.165, 1.54) is 6.07 Å². The SMILES string of the molecule is CCOC(=O)c1cccc(NC(=O)OC2CCC3(C)C(CC(=O)NCc4cc(F)cc(F)c4)C(O)CCC3C2(C)CO)c1. The van der Waals surface area contributed by atoms with E-state index >= 15 is 0 Å². The largest absolute Gasteiger partial charge is 0.462 e. The Kier molecular flexibility index (Phi) is 10.1. The molecule has 2 fully saturated rings. The van der Waals surface area contributed by atoms with E-state index in [4.69, 9.17) is 9.47 Å². The van der Waals surface area contributed by atoms with Gasteiger partial charge in [0.25, 0.3) is 0 Å². The van der Waals surface area contributed by atoms with E-state index in [9.17, 15) is 33.4 Å². The van der Waals surface area contributed by atoms with Crippen LogP contribution in [0.2, 0.25) is 0 Å². The molecule has 2 aromatic rings. The first-order valence-electron chi connectivity index (χ1n) is 14.6. The van der Waals surface area contributed by atoms with Gasteiger partial charge in [-0.1, -0.05) is 19.9 Å². The molecule has 0 radical (unpaired) electrons. The smallest absolute Gasteiger partial charge is 0.411 e. The standard InChI is InChI=1S/C32H40F2N2O7/c1-4-42-29(40)20-6-5-7-23(14-20)36-30(41)43-27-10-11-31(2)24(25(38)8-9-26(31)32(27,3)18-37)16-28(39)35-17-19-12-21(33)15-22(34)13-19/h5-7,12-15,24-27,37-38H,4,8-11,16-18H2,1-3H3,(H,35,39)(H,36,41). The van der Waals surface area contributed by atoms with Crippen LogP contribution in [0.15, 0.2) is 42.5 Å². The number of amides is 2. The Morgan fingerprint density at radius 2 is 1.77 bits per heavy atom. The zero-order valence-corrected chi connectivity index (χ0v) is 24.7. The maximum absolute atomic E-state index is 13.6. The number of nitrogens with one attached hydrogen (secondary N) is 2. The van der Waals surface area contributed by atoms with Gasteiger partial charge >= 0.3 is 12.1 Å². The van der Waals surface area contributed by atoms with Gasteiger partial charge in [-0.05, 0) is 85.8 Å². The number of ether oxygens (including phenoxy) is 2. The van der Waals surface area contributed by atoms with Gasteiger partial charge in [0, 0.05) is 30.1 Å². The van der Waals surface area contributed by atoms with Crippen molar-refractivity contribution >= 4 is 23.7 Å². The fourth-order valence-corrected chi connectivity index (χ4v) is 7.18. The third kappa shape index (κ3) is 7.15. The van der Waals surface area contributed by atoms with Crippen LogP contribution in [0.1, 0.15) is 68.8 Å². The number of rotatable bonds is 9. The molecule has 6 atom stereocenters. The molecule has 2 aliphatic carbocycles. The summed E-state index contributed by atoms with van der Waals surface area (Å²) >= 11 is 0. The average molecular weight is 603 g/mol. The van der Waals surface area contributed by atoms with Gasteiger partial charge in [0.2, 0.25) is 5.91 Å². The second-order valence-corrected chi connectivity index (χ2v) is 12.1. The van der Waals surface area contributed by atoms with Crippen molar-refractivity contribution in [3.63, 3.8) is 0 Å². The Bertz CT molecular complexity index is 1320. The van der Waals surface area contributed by atoms with Crippen LogP contribution in [0.5, 0.6) is 0 Å². The molecule has 0 saturated heterocycles. The predicted molar refractivity (Wildman–Crippen MR) is 154 cm³/mol. The topological polar surface area (TPSA) is 134 Å². The number of carbonyl (C=O) groups is 3. The highest BCUT2D eigenvalue weighted by Crippen LogP contribution is 2.61. The number of aliphatic hydroxyl groups excluding tert-OH is 2. The van der Waals surface area contributed by atoms with Crippen molar-refractivity contribution in [1.29, 1.82) is 0 Å². The van der Waals surface area contributed by atoms with Crippen LogP contribution in [0.25, 0.3) is 0 Å². The molecule has 11 heteroatoms. The van der Waals surface area contributed by atoms with E-state index in [1.54, 1.807) is 25.1 Å². The molecule has 43 heavy (non-hydrogen) atoms. The number of esters is 1. The number of aliphatic hydroxyl groups is 2. The molecule has 2 amide bonds. The molecule has 0 spiro atoms. The summed E-state index contributed by atoms with van der Waals surface area (Å²) < 4.78 is 38.0. The van der Waals surface area contributed by atoms with Gasteiger partial charge in [-0.15, -0.1) is 0 Å². The maximum Gasteiger partial charge on any atom is 0.411 e. The van der Waals surface area contributed by atoms with Crippen molar-refractivity contribution in [1.82, 2.24) is 5.32 Å². The zero-order valence-electron chi connectivity index (χ0n) is 24.7. The number of benzene rings is 2. The van der Waals surface area contributed by atoms with Gasteiger partial charge in [-0.3, -0.25) is 10.1 Å². The molecule has 234 valence electrons. The average Bonchev–Trinajstić information content (AvgIpc) is 2.95. The van der Waals surface area contributed by atoms with Crippen LogP contribution in [-0.4, -0.2) is 53.6 Å². The molecule has 4 rings (SSSR count). The summed E-state index contributed by atoms with van der Waals surface area (Å²) in [6.45, 7) is 5.46. The second kappa shape index (κ2) is 13.4. The molecular weight excluding hydrogens is 562 g/mol. The minimum Gasteiger partial charge on any atom is -0.462 e. The summed E-state index contributed by atoms with van der Waals surface area (Å²) in [7, 11) is 0. The molecule has 2 aliphatic rings. The van der Waals surface area contributed by atoms with E-state index in [2.05, 4.69) is 10.6 Å². The highest BCUT2D eigenvalue weighted by Gasteiger charge is 2.60. The molecule has 9 nitrogen and oxygen atoms in total. The molecule has 0 aromatic heterocycles. The first-order chi connectivity index (χ1) is 20.4. The van der Waals surface area contributed by atoms with E-state index < -0.39 is 52.7 Å². The number of hydrogen-bond acceptors (Lipinski definition) is 7. The van der Waals surface area contributed by atoms with Gasteiger partial charge in [-0.2, -0.15) is 0 Å². The molecule has 0 heterocycles. The molecule has 0 aliphatic heterocycles. The van der Waals surface area contributed by atoms with Crippen molar-refractivity contribution in [3.05, 3.63) is 65.2 Å². The number of anilines is 1. The van der Waals surface area contributed by atoms with Crippen molar-refractivity contribution in [3.8, 4) is 0 Å². The molecule has 2 saturated carbocycles. The number of hydrogen-bond donors (Lipinski definition) is 4. The van der Waals surface area contributed by atoms with E-state index in [-0.39, 0.29) is 49.1 Å². The van der Waals surface area contributed by atoms with Crippen LogP contribution in [0.4, 0.5) is 19.3 Å². The number of fused-ring (bicyclic) bond motifs is 1. The molecule has 0 bridgehead atoms. The van der Waals surface area contributed by atoms with Crippen molar-refractivity contribution in [2.24, 2.45) is 22.7 Å². The van der Waals surface area contributed by atoms with Crippen molar-refractivity contribution in [2.75, 3.05) is 18.5 Å². The van der Waals surface area contributed by atoms with E-state index in [0.29, 0.717) is 31.4 Å². The summed E-state index contributed by atoms with van der Waals surface area (Å²) in [5, 5.41) is 27.0. The number of carbonyl (C=O) groups excluding carboxylic acids is 3. The minimum atomic E-state index is -0.856. The normalized spacial score (nSPS) is 28.3. The third-order valence-corrected chi connectivity index (χ3v) is 9.36. The fourth-order valence-electron chi connectivity index (χ4n) is 7.18. The minimum absolute atomic E-state index is 0.00368. The van der Waals surface area contributed by atoms with Gasteiger partial charge in [0.05, 0.1) is 24.9 Å². The van der Waals surface area contributed by atoms with Gasteiger partial charge in [0.15, 0.2) is 0 Å². The molecule has 2 aromatic carbocycles. The van der Waals surface area contributed by atoms with Crippen molar-refractivity contribution < 1.29 is 42.9 Å². The van der Waals surface area contributed by atoms with Gasteiger partial charge in [-0.25, -0.2) is 18.4 Å². The highest BCUT2D eigenvalue weighted by molar-refractivity contribution is 5.92. The summed E-state index contributed by atoms with van der Waals surface area (Å²) in [5.41, 5.74) is -0.482. The first kappa shape index (κ1) is 32.3. The Labute approximate surface area is 250 Å². The Balaban J connectivity index is 1.43. The number of halogens is 2. The van der Waals surface area contributed by atoms with Crippen LogP contribution >= 0.6 is 0 Å². The first-order valence-corrected chi connectivity index (χ1v) is 14.6. The predicted octanol–water partition coefficient (Wildman–Crippen LogP) is 4.95. The Hall–Kier alpha value is -3.57. The van der Waals surface area contributed by atoms with Crippen LogP contribution in [-0.2, 0) is 20.8 Å². The monoisotopic (exact) mass is 602 g/mol. The Morgan fingerprint density at radius 3 is 2.44 bits per heavy atom. The quantitative estimate of drug-likeness (QED) is 0.299. The summed E-state index contributed by atoms with van der Waals surface area (Å²) in [6, 6.07) is 9.37. The second-order valence-electron chi connectivity index (χ2n) is 12.1. The Morgan fingerprint density at radius 1 is 1.05 bits per heavy atom. The molecular formula is C32H40F2N2O7. The summed E-state index contributed by atoms with van der Waals surface area (Å²) in [6.07, 6.45) is -0.223. The van der Waals surface area contributed by atoms with Crippen LogP contribution in [0.3, 0.4) is 0 Å². The summed E-state index contributed by atoms with van der Waals surface area (Å²) in [4.78, 5) is 38.0.